The van der Waals surface area contributed by atoms with Crippen LogP contribution in [0.15, 0.2) is 29.1 Å². The monoisotopic (exact) mass is 360 g/mol. The maximum atomic E-state index is 12.8. The molecule has 1 atom stereocenters. The van der Waals surface area contributed by atoms with Crippen LogP contribution < -0.4 is 16.7 Å². The van der Waals surface area contributed by atoms with Gasteiger partial charge in [-0.15, -0.1) is 0 Å². The van der Waals surface area contributed by atoms with E-state index < -0.39 is 5.54 Å². The molecular weight excluding hydrogens is 328 g/mol. The van der Waals surface area contributed by atoms with Crippen LogP contribution in [0.5, 0.6) is 0 Å². The van der Waals surface area contributed by atoms with Crippen LogP contribution in [0.2, 0.25) is 0 Å². The smallest absolute Gasteiger partial charge is 0.329 e. The number of rotatable bonds is 9. The van der Waals surface area contributed by atoms with E-state index in [0.717, 1.165) is 23.9 Å². The number of hydrogen-bond donors (Lipinski definition) is 2. The highest BCUT2D eigenvalue weighted by Crippen LogP contribution is 2.16. The largest absolute Gasteiger partial charge is 0.350 e. The average molecular weight is 361 g/mol. The summed E-state index contributed by atoms with van der Waals surface area (Å²) in [5.41, 5.74) is 7.21. The molecule has 6 nitrogen and oxygen atoms in total. The first-order chi connectivity index (χ1) is 12.3. The molecule has 0 aliphatic heterocycles. The van der Waals surface area contributed by atoms with Gasteiger partial charge in [0.1, 0.15) is 0 Å². The predicted molar refractivity (Wildman–Crippen MR) is 106 cm³/mol. The molecule has 0 saturated carbocycles. The Morgan fingerprint density at radius 1 is 1.19 bits per heavy atom. The van der Waals surface area contributed by atoms with Crippen LogP contribution >= 0.6 is 0 Å². The summed E-state index contributed by atoms with van der Waals surface area (Å²) in [5.74, 6) is 0.372. The lowest BCUT2D eigenvalue weighted by Crippen LogP contribution is -2.52. The highest BCUT2D eigenvalue weighted by atomic mass is 16.2. The molecule has 2 rings (SSSR count). The number of para-hydroxylation sites is 2. The zero-order valence-electron chi connectivity index (χ0n) is 16.4. The number of aryl methyl sites for hydroxylation is 2. The summed E-state index contributed by atoms with van der Waals surface area (Å²) in [5, 5.41) is 3.06. The minimum absolute atomic E-state index is 0.0513. The molecule has 144 valence electrons. The first kappa shape index (κ1) is 20.2. The zero-order chi connectivity index (χ0) is 19.3. The van der Waals surface area contributed by atoms with Gasteiger partial charge in [0.15, 0.2) is 0 Å². The topological polar surface area (TPSA) is 82.0 Å². The molecule has 0 saturated heterocycles. The number of nitrogens with two attached hydrogens (primary N) is 1. The third-order valence-corrected chi connectivity index (χ3v) is 4.69. The van der Waals surface area contributed by atoms with Crippen molar-refractivity contribution in [3.05, 3.63) is 34.7 Å². The summed E-state index contributed by atoms with van der Waals surface area (Å²) >= 11 is 0. The molecule has 1 aromatic heterocycles. The first-order valence-corrected chi connectivity index (χ1v) is 9.50. The van der Waals surface area contributed by atoms with Gasteiger partial charge in [0.25, 0.3) is 0 Å². The third kappa shape index (κ3) is 4.55. The lowest BCUT2D eigenvalue weighted by molar-refractivity contribution is -0.123. The Morgan fingerprint density at radius 3 is 2.27 bits per heavy atom. The van der Waals surface area contributed by atoms with E-state index >= 15 is 0 Å². The summed E-state index contributed by atoms with van der Waals surface area (Å²) in [4.78, 5) is 25.2. The number of aromatic nitrogens is 2. The zero-order valence-corrected chi connectivity index (χ0v) is 16.4. The molecule has 1 heterocycles. The van der Waals surface area contributed by atoms with E-state index in [0.29, 0.717) is 25.6 Å². The fraction of sp³-hybridized carbons (Fsp3) is 0.600. The molecule has 3 N–H and O–H groups in total. The minimum atomic E-state index is -0.410. The molecule has 0 fully saturated rings. The lowest BCUT2D eigenvalue weighted by Gasteiger charge is -2.31. The number of carbonyl (C=O) groups is 1. The van der Waals surface area contributed by atoms with E-state index in [4.69, 9.17) is 5.73 Å². The second-order valence-electron chi connectivity index (χ2n) is 7.74. The summed E-state index contributed by atoms with van der Waals surface area (Å²) in [6.07, 6.45) is 1.97. The Kier molecular flexibility index (Phi) is 6.64. The molecule has 0 aliphatic rings. The van der Waals surface area contributed by atoms with Crippen molar-refractivity contribution in [2.45, 2.75) is 65.6 Å². The molecule has 1 unspecified atom stereocenters. The summed E-state index contributed by atoms with van der Waals surface area (Å²) in [7, 11) is 0. The van der Waals surface area contributed by atoms with Crippen LogP contribution in [-0.4, -0.2) is 27.1 Å². The van der Waals surface area contributed by atoms with E-state index in [1.807, 2.05) is 38.1 Å². The molecule has 1 amide bonds. The van der Waals surface area contributed by atoms with Crippen LogP contribution in [0.1, 0.15) is 47.0 Å². The van der Waals surface area contributed by atoms with Crippen LogP contribution in [0.25, 0.3) is 11.0 Å². The van der Waals surface area contributed by atoms with Gasteiger partial charge in [-0.3, -0.25) is 13.9 Å². The molecule has 0 radical (unpaired) electrons. The van der Waals surface area contributed by atoms with Gasteiger partial charge in [0.2, 0.25) is 5.91 Å². The van der Waals surface area contributed by atoms with Crippen molar-refractivity contribution in [3.63, 3.8) is 0 Å². The normalized spacial score (nSPS) is 13.9. The molecule has 0 aliphatic carbocycles. The first-order valence-electron chi connectivity index (χ1n) is 9.50. The van der Waals surface area contributed by atoms with Crippen LogP contribution in [0.4, 0.5) is 0 Å². The highest BCUT2D eigenvalue weighted by molar-refractivity contribution is 5.78. The van der Waals surface area contributed by atoms with Crippen molar-refractivity contribution in [3.8, 4) is 0 Å². The Bertz CT molecular complexity index is 806. The third-order valence-electron chi connectivity index (χ3n) is 4.69. The Balaban J connectivity index is 2.16. The van der Waals surface area contributed by atoms with Gasteiger partial charge in [-0.2, -0.15) is 0 Å². The van der Waals surface area contributed by atoms with Gasteiger partial charge in [-0.25, -0.2) is 4.79 Å². The highest BCUT2D eigenvalue weighted by Gasteiger charge is 2.25. The maximum Gasteiger partial charge on any atom is 0.329 e. The number of nitrogens with zero attached hydrogens (tertiary/aromatic N) is 2. The van der Waals surface area contributed by atoms with E-state index in [2.05, 4.69) is 19.2 Å². The number of imidazole rings is 1. The van der Waals surface area contributed by atoms with Crippen LogP contribution in [-0.2, 0) is 17.9 Å². The van der Waals surface area contributed by atoms with Gasteiger partial charge in [0.05, 0.1) is 11.0 Å². The summed E-state index contributed by atoms with van der Waals surface area (Å²) in [6, 6.07) is 7.74. The summed E-state index contributed by atoms with van der Waals surface area (Å²) < 4.78 is 3.49. The van der Waals surface area contributed by atoms with Crippen molar-refractivity contribution >= 4 is 16.9 Å². The number of nitrogens with one attached hydrogen (secondary N) is 1. The van der Waals surface area contributed by atoms with E-state index in [1.165, 1.54) is 0 Å². The quantitative estimate of drug-likeness (QED) is 0.721. The number of fused-ring (bicyclic) bond motifs is 1. The second kappa shape index (κ2) is 8.54. The molecule has 0 spiro atoms. The van der Waals surface area contributed by atoms with Crippen molar-refractivity contribution in [2.75, 3.05) is 6.54 Å². The standard InChI is InChI=1S/C20H32N4O2/c1-5-11-23-16-8-6-7-9-17(16)24(19(23)26)12-10-18(25)22-20(4,14-21)13-15(2)3/h6-9,15H,5,10-14,21H2,1-4H3,(H,22,25). The second-order valence-corrected chi connectivity index (χ2v) is 7.74. The van der Waals surface area contributed by atoms with Gasteiger partial charge >= 0.3 is 5.69 Å². The van der Waals surface area contributed by atoms with E-state index in [-0.39, 0.29) is 18.0 Å². The average Bonchev–Trinajstić information content (AvgIpc) is 2.85. The van der Waals surface area contributed by atoms with Crippen molar-refractivity contribution in [1.82, 2.24) is 14.5 Å². The number of amides is 1. The van der Waals surface area contributed by atoms with Gasteiger partial charge in [-0.05, 0) is 37.8 Å². The number of carbonyl (C=O) groups excluding carboxylic acids is 1. The van der Waals surface area contributed by atoms with Crippen LogP contribution in [0.3, 0.4) is 0 Å². The maximum absolute atomic E-state index is 12.8. The van der Waals surface area contributed by atoms with E-state index in [9.17, 15) is 9.59 Å². The molecule has 6 heteroatoms. The van der Waals surface area contributed by atoms with Gasteiger partial charge in [-0.1, -0.05) is 32.9 Å². The molecular formula is C20H32N4O2. The predicted octanol–water partition coefficient (Wildman–Crippen LogP) is 2.48. The van der Waals surface area contributed by atoms with Crippen molar-refractivity contribution < 1.29 is 4.79 Å². The summed E-state index contributed by atoms with van der Waals surface area (Å²) in [6.45, 7) is 9.69. The van der Waals surface area contributed by atoms with Crippen LogP contribution in [0, 0.1) is 5.92 Å². The van der Waals surface area contributed by atoms with Gasteiger partial charge in [0, 0.05) is 31.6 Å². The fourth-order valence-corrected chi connectivity index (χ4v) is 3.63. The number of benzene rings is 1. The molecule has 26 heavy (non-hydrogen) atoms. The number of hydrogen-bond acceptors (Lipinski definition) is 3. The Morgan fingerprint density at radius 2 is 1.77 bits per heavy atom. The molecule has 0 bridgehead atoms. The minimum Gasteiger partial charge on any atom is -0.350 e. The van der Waals surface area contributed by atoms with Crippen molar-refractivity contribution in [1.29, 1.82) is 0 Å². The Labute approximate surface area is 155 Å². The fourth-order valence-electron chi connectivity index (χ4n) is 3.63. The SMILES string of the molecule is CCCn1c(=O)n(CCC(=O)NC(C)(CN)CC(C)C)c2ccccc21. The van der Waals surface area contributed by atoms with Crippen molar-refractivity contribution in [2.24, 2.45) is 11.7 Å². The van der Waals surface area contributed by atoms with E-state index in [1.54, 1.807) is 9.13 Å². The van der Waals surface area contributed by atoms with Gasteiger partial charge < -0.3 is 11.1 Å². The lowest BCUT2D eigenvalue weighted by atomic mass is 9.90. The Hall–Kier alpha value is -2.08. The molecule has 2 aromatic rings. The molecule has 1 aromatic carbocycles.